The van der Waals surface area contributed by atoms with E-state index >= 15 is 0 Å². The van der Waals surface area contributed by atoms with Gasteiger partial charge in [0.2, 0.25) is 0 Å². The van der Waals surface area contributed by atoms with Gasteiger partial charge in [0.05, 0.1) is 0 Å². The topological polar surface area (TPSA) is 18.5 Å². The summed E-state index contributed by atoms with van der Waals surface area (Å²) in [6.45, 7) is 15.7. The summed E-state index contributed by atoms with van der Waals surface area (Å²) in [7, 11) is 1.73. The van der Waals surface area contributed by atoms with Crippen molar-refractivity contribution in [1.29, 1.82) is 0 Å². The summed E-state index contributed by atoms with van der Waals surface area (Å²) in [5, 5.41) is 0. The average Bonchev–Trinajstić information content (AvgIpc) is 2.43. The van der Waals surface area contributed by atoms with E-state index in [1.54, 1.807) is 7.11 Å². The van der Waals surface area contributed by atoms with Crippen molar-refractivity contribution >= 4 is 0 Å². The third kappa shape index (κ3) is 72.5. The molecule has 0 rings (SSSR count). The molecule has 0 aliphatic rings. The van der Waals surface area contributed by atoms with E-state index in [1.165, 1.54) is 25.7 Å². The van der Waals surface area contributed by atoms with Gasteiger partial charge < -0.3 is 9.47 Å². The summed E-state index contributed by atoms with van der Waals surface area (Å²) >= 11 is 0. The summed E-state index contributed by atoms with van der Waals surface area (Å²) in [6.07, 6.45) is 6.21. The fraction of sp³-hybridized carbons (Fsp3) is 1.00. The summed E-state index contributed by atoms with van der Waals surface area (Å²) in [4.78, 5) is 0. The Morgan fingerprint density at radius 3 is 1.27 bits per heavy atom. The third-order valence-electron chi connectivity index (χ3n) is 2.65. The Hall–Kier alpha value is -0.0800. The number of hydrogen-bond acceptors (Lipinski definition) is 2. The predicted octanol–water partition coefficient (Wildman–Crippen LogP) is 7.85. The first-order chi connectivity index (χ1) is 8.64. The maximum absolute atomic E-state index is 4.98. The highest BCUT2D eigenvalue weighted by molar-refractivity contribution is 4.41. The number of unbranched alkanes of at least 4 members (excludes halogenated alkanes) is 1. The van der Waals surface area contributed by atoms with Crippen molar-refractivity contribution < 1.29 is 9.47 Å². The summed E-state index contributed by atoms with van der Waals surface area (Å²) in [6, 6.07) is 0. The minimum Gasteiger partial charge on any atom is -0.385 e. The van der Waals surface area contributed by atoms with Gasteiger partial charge >= 0.3 is 0 Å². The zero-order chi connectivity index (χ0) is 14.6. The van der Waals surface area contributed by atoms with Crippen molar-refractivity contribution in [2.24, 2.45) is 5.92 Å². The zero-order valence-corrected chi connectivity index (χ0v) is 14.1. The standard InChI is InChI=1S/C6H14.2C5H12O.4CH4/c1-4-6(3)5-2;1-3-4-5-6-2;1-3-5-6-4-2;;;;/h6H,4-5H2,1-3H3;2*3-5H2,1-2H3;4*1H4. The van der Waals surface area contributed by atoms with Crippen LogP contribution in [-0.2, 0) is 9.47 Å². The van der Waals surface area contributed by atoms with Crippen LogP contribution in [0.2, 0.25) is 0 Å². The van der Waals surface area contributed by atoms with Crippen LogP contribution in [0.1, 0.15) is 103 Å². The lowest BCUT2D eigenvalue weighted by Crippen LogP contribution is -1.88. The Kier molecular flexibility index (Phi) is 97.4. The van der Waals surface area contributed by atoms with E-state index in [4.69, 9.17) is 9.47 Å². The molecule has 0 aliphatic carbocycles. The molecule has 0 aromatic heterocycles. The number of rotatable bonds is 8. The smallest absolute Gasteiger partial charge is 0.0463 e. The Labute approximate surface area is 146 Å². The lowest BCUT2D eigenvalue weighted by molar-refractivity contribution is 0.148. The monoisotopic (exact) mass is 326 g/mol. The molecule has 0 atom stereocenters. The van der Waals surface area contributed by atoms with E-state index in [-0.39, 0.29) is 29.7 Å². The third-order valence-corrected chi connectivity index (χ3v) is 2.65. The van der Waals surface area contributed by atoms with E-state index in [0.717, 1.165) is 32.2 Å². The lowest BCUT2D eigenvalue weighted by Gasteiger charge is -1.98. The molecule has 0 radical (unpaired) electrons. The van der Waals surface area contributed by atoms with Crippen molar-refractivity contribution in [3.05, 3.63) is 0 Å². The van der Waals surface area contributed by atoms with E-state index in [9.17, 15) is 0 Å². The number of ether oxygens (including phenoxy) is 2. The first-order valence-corrected chi connectivity index (χ1v) is 7.70. The molecular weight excluding hydrogens is 272 g/mol. The van der Waals surface area contributed by atoms with Gasteiger partial charge in [0, 0.05) is 26.9 Å². The van der Waals surface area contributed by atoms with Gasteiger partial charge in [0.25, 0.3) is 0 Å². The van der Waals surface area contributed by atoms with Crippen molar-refractivity contribution in [3.8, 4) is 0 Å². The molecule has 0 saturated heterocycles. The normalized spacial score (nSPS) is 7.64. The van der Waals surface area contributed by atoms with Crippen LogP contribution in [-0.4, -0.2) is 26.9 Å². The highest BCUT2D eigenvalue weighted by atomic mass is 16.5. The van der Waals surface area contributed by atoms with Crippen LogP contribution in [0.3, 0.4) is 0 Å². The molecule has 0 spiro atoms. The highest BCUT2D eigenvalue weighted by Gasteiger charge is 1.88. The maximum atomic E-state index is 4.98. The molecule has 0 N–H and O–H groups in total. The van der Waals surface area contributed by atoms with Gasteiger partial charge in [0.1, 0.15) is 0 Å². The second-order valence-electron chi connectivity index (χ2n) is 4.46. The summed E-state index contributed by atoms with van der Waals surface area (Å²) in [5.41, 5.74) is 0. The maximum Gasteiger partial charge on any atom is 0.0463 e. The van der Waals surface area contributed by atoms with Crippen LogP contribution in [0.5, 0.6) is 0 Å². The number of hydrogen-bond donors (Lipinski definition) is 0. The van der Waals surface area contributed by atoms with Gasteiger partial charge in [-0.3, -0.25) is 0 Å². The molecule has 0 bridgehead atoms. The van der Waals surface area contributed by atoms with Crippen molar-refractivity contribution in [1.82, 2.24) is 0 Å². The van der Waals surface area contributed by atoms with Crippen LogP contribution in [0.15, 0.2) is 0 Å². The van der Waals surface area contributed by atoms with Crippen LogP contribution in [0.25, 0.3) is 0 Å². The van der Waals surface area contributed by atoms with Gasteiger partial charge in [-0.2, -0.15) is 0 Å². The molecule has 0 aliphatic heterocycles. The molecule has 22 heavy (non-hydrogen) atoms. The molecule has 0 aromatic carbocycles. The Balaban J connectivity index is -0.0000000281. The molecule has 0 amide bonds. The van der Waals surface area contributed by atoms with E-state index in [1.807, 2.05) is 6.92 Å². The molecule has 0 unspecified atom stereocenters. The quantitative estimate of drug-likeness (QED) is 0.423. The Bertz CT molecular complexity index is 85.9. The van der Waals surface area contributed by atoms with Gasteiger partial charge in [-0.1, -0.05) is 83.6 Å². The van der Waals surface area contributed by atoms with Crippen molar-refractivity contribution in [3.63, 3.8) is 0 Å². The zero-order valence-electron chi connectivity index (χ0n) is 14.1. The minimum absolute atomic E-state index is 0. The fourth-order valence-corrected chi connectivity index (χ4v) is 0.866. The predicted molar refractivity (Wildman–Crippen MR) is 110 cm³/mol. The fourth-order valence-electron chi connectivity index (χ4n) is 0.866. The van der Waals surface area contributed by atoms with Crippen molar-refractivity contribution in [2.45, 2.75) is 103 Å². The Morgan fingerprint density at radius 1 is 0.727 bits per heavy atom. The molecule has 0 fully saturated rings. The Morgan fingerprint density at radius 2 is 1.18 bits per heavy atom. The first kappa shape index (κ1) is 43.1. The van der Waals surface area contributed by atoms with Crippen LogP contribution >= 0.6 is 0 Å². The van der Waals surface area contributed by atoms with Gasteiger partial charge in [-0.05, 0) is 25.7 Å². The van der Waals surface area contributed by atoms with Gasteiger partial charge in [-0.25, -0.2) is 0 Å². The molecule has 0 aromatic rings. The summed E-state index contributed by atoms with van der Waals surface area (Å²) in [5.74, 6) is 0.935. The largest absolute Gasteiger partial charge is 0.385 e. The van der Waals surface area contributed by atoms with Gasteiger partial charge in [0.15, 0.2) is 0 Å². The average molecular weight is 327 g/mol. The van der Waals surface area contributed by atoms with Crippen LogP contribution in [0.4, 0.5) is 0 Å². The highest BCUT2D eigenvalue weighted by Crippen LogP contribution is 2.02. The van der Waals surface area contributed by atoms with E-state index in [0.29, 0.717) is 0 Å². The summed E-state index contributed by atoms with van der Waals surface area (Å²) < 4.78 is 9.76. The molecule has 0 saturated carbocycles. The first-order valence-electron chi connectivity index (χ1n) is 7.70. The van der Waals surface area contributed by atoms with Crippen LogP contribution in [0, 0.1) is 5.92 Å². The SMILES string of the molecule is C.C.C.C.CCC(C)CC.CCCCOC.CCCOCC. The molecule has 0 heterocycles. The second-order valence-corrected chi connectivity index (χ2v) is 4.46. The van der Waals surface area contributed by atoms with Gasteiger partial charge in [-0.15, -0.1) is 0 Å². The minimum atomic E-state index is 0. The van der Waals surface area contributed by atoms with E-state index in [2.05, 4.69) is 34.6 Å². The van der Waals surface area contributed by atoms with E-state index < -0.39 is 0 Å². The molecule has 2 nitrogen and oxygen atoms in total. The molecule has 2 heteroatoms. The lowest BCUT2D eigenvalue weighted by atomic mass is 10.1. The van der Waals surface area contributed by atoms with Crippen LogP contribution < -0.4 is 0 Å². The second kappa shape index (κ2) is 49.7. The number of methoxy groups -OCH3 is 1. The molecule has 146 valence electrons. The molecular formula is C20H54O2. The van der Waals surface area contributed by atoms with Crippen molar-refractivity contribution in [2.75, 3.05) is 26.9 Å².